The summed E-state index contributed by atoms with van der Waals surface area (Å²) >= 11 is 1.46. The molecule has 0 fully saturated rings. The number of benzene rings is 2. The molecule has 1 aromatic heterocycles. The molecule has 0 bridgehead atoms. The molecule has 0 radical (unpaired) electrons. The summed E-state index contributed by atoms with van der Waals surface area (Å²) in [6, 6.07) is 18.2. The van der Waals surface area contributed by atoms with Crippen molar-refractivity contribution < 1.29 is 4.79 Å². The molecular formula is C23H27N3OS. The zero-order valence-corrected chi connectivity index (χ0v) is 17.8. The van der Waals surface area contributed by atoms with Gasteiger partial charge in [0.15, 0.2) is 10.9 Å². The average molecular weight is 394 g/mol. The molecule has 0 atom stereocenters. The van der Waals surface area contributed by atoms with E-state index in [1.165, 1.54) is 22.9 Å². The van der Waals surface area contributed by atoms with Crippen LogP contribution in [0.15, 0.2) is 59.8 Å². The highest BCUT2D eigenvalue weighted by Gasteiger charge is 2.16. The van der Waals surface area contributed by atoms with Gasteiger partial charge in [-0.15, -0.1) is 10.2 Å². The molecular weight excluding hydrogens is 366 g/mol. The summed E-state index contributed by atoms with van der Waals surface area (Å²) in [7, 11) is 0. The predicted octanol–water partition coefficient (Wildman–Crippen LogP) is 5.16. The fraction of sp³-hybridized carbons (Fsp3) is 0.348. The lowest BCUT2D eigenvalue weighted by molar-refractivity contribution is 0.102. The van der Waals surface area contributed by atoms with E-state index < -0.39 is 0 Å². The van der Waals surface area contributed by atoms with Crippen LogP contribution < -0.4 is 0 Å². The number of carbonyl (C=O) groups excluding carboxylic acids is 1. The Kier molecular flexibility index (Phi) is 6.35. The Bertz CT molecular complexity index is 925. The molecule has 0 spiro atoms. The van der Waals surface area contributed by atoms with E-state index in [1.807, 2.05) is 42.5 Å². The van der Waals surface area contributed by atoms with Gasteiger partial charge in [-0.2, -0.15) is 0 Å². The number of Topliss-reactive ketones (excluding diaryl/α,β-unsaturated/α-hetero) is 1. The first-order chi connectivity index (χ1) is 13.4. The lowest BCUT2D eigenvalue weighted by Crippen LogP contribution is -2.11. The molecule has 1 heterocycles. The third-order valence-electron chi connectivity index (χ3n) is 4.72. The van der Waals surface area contributed by atoms with Crippen LogP contribution in [0.5, 0.6) is 0 Å². The molecule has 2 aromatic carbocycles. The van der Waals surface area contributed by atoms with E-state index in [0.717, 1.165) is 29.5 Å². The summed E-state index contributed by atoms with van der Waals surface area (Å²) < 4.78 is 2.09. The van der Waals surface area contributed by atoms with Gasteiger partial charge in [0.25, 0.3) is 0 Å². The second-order valence-electron chi connectivity index (χ2n) is 7.84. The second kappa shape index (κ2) is 8.74. The van der Waals surface area contributed by atoms with Gasteiger partial charge in [-0.3, -0.25) is 4.79 Å². The molecule has 0 aliphatic rings. The molecule has 5 heteroatoms. The molecule has 0 unspecified atom stereocenters. The van der Waals surface area contributed by atoms with Crippen molar-refractivity contribution in [1.82, 2.24) is 14.8 Å². The van der Waals surface area contributed by atoms with Crippen molar-refractivity contribution in [2.24, 2.45) is 0 Å². The maximum Gasteiger partial charge on any atom is 0.191 e. The van der Waals surface area contributed by atoms with Crippen molar-refractivity contribution in [3.8, 4) is 0 Å². The Balaban J connectivity index is 1.66. The van der Waals surface area contributed by atoms with Crippen LogP contribution in [0.4, 0.5) is 0 Å². The molecule has 0 N–H and O–H groups in total. The van der Waals surface area contributed by atoms with Crippen LogP contribution in [0.2, 0.25) is 0 Å². The second-order valence-corrected chi connectivity index (χ2v) is 8.79. The standard InChI is InChI=1S/C23H27N3OS/c1-5-26-21(15-17-9-7-6-8-10-17)24-25-22(26)28-16-20(27)18-11-13-19(14-12-18)23(2,3)4/h6-14H,5,15-16H2,1-4H3. The summed E-state index contributed by atoms with van der Waals surface area (Å²) in [4.78, 5) is 12.6. The van der Waals surface area contributed by atoms with E-state index in [-0.39, 0.29) is 11.2 Å². The Hall–Kier alpha value is -2.40. The van der Waals surface area contributed by atoms with Crippen LogP contribution in [0, 0.1) is 0 Å². The van der Waals surface area contributed by atoms with Crippen molar-refractivity contribution >= 4 is 17.5 Å². The highest BCUT2D eigenvalue weighted by molar-refractivity contribution is 7.99. The largest absolute Gasteiger partial charge is 0.306 e. The Morgan fingerprint density at radius 1 is 1.00 bits per heavy atom. The quantitative estimate of drug-likeness (QED) is 0.411. The maximum atomic E-state index is 12.6. The first-order valence-electron chi connectivity index (χ1n) is 9.61. The molecule has 0 aliphatic carbocycles. The minimum Gasteiger partial charge on any atom is -0.306 e. The Labute approximate surface area is 171 Å². The van der Waals surface area contributed by atoms with E-state index in [1.54, 1.807) is 0 Å². The number of aromatic nitrogens is 3. The third kappa shape index (κ3) is 4.90. The molecule has 28 heavy (non-hydrogen) atoms. The van der Waals surface area contributed by atoms with E-state index in [0.29, 0.717) is 5.75 Å². The Morgan fingerprint density at radius 3 is 2.29 bits per heavy atom. The number of hydrogen-bond donors (Lipinski definition) is 0. The number of hydrogen-bond acceptors (Lipinski definition) is 4. The number of thioether (sulfide) groups is 1. The van der Waals surface area contributed by atoms with Gasteiger partial charge in [0.1, 0.15) is 5.82 Å². The van der Waals surface area contributed by atoms with Gasteiger partial charge in [0, 0.05) is 18.5 Å². The van der Waals surface area contributed by atoms with Crippen LogP contribution in [-0.2, 0) is 18.4 Å². The van der Waals surface area contributed by atoms with Gasteiger partial charge in [0.2, 0.25) is 0 Å². The van der Waals surface area contributed by atoms with Gasteiger partial charge in [-0.05, 0) is 23.5 Å². The number of rotatable bonds is 7. The molecule has 0 saturated heterocycles. The summed E-state index contributed by atoms with van der Waals surface area (Å²) in [6.07, 6.45) is 0.741. The fourth-order valence-electron chi connectivity index (χ4n) is 3.02. The van der Waals surface area contributed by atoms with Crippen LogP contribution in [0.25, 0.3) is 0 Å². The van der Waals surface area contributed by atoms with Gasteiger partial charge < -0.3 is 4.57 Å². The summed E-state index contributed by atoms with van der Waals surface area (Å²) in [6.45, 7) is 9.37. The molecule has 4 nitrogen and oxygen atoms in total. The SMILES string of the molecule is CCn1c(Cc2ccccc2)nnc1SCC(=O)c1ccc(C(C)(C)C)cc1. The van der Waals surface area contributed by atoms with E-state index in [4.69, 9.17) is 0 Å². The normalized spacial score (nSPS) is 11.6. The minimum absolute atomic E-state index is 0.0863. The summed E-state index contributed by atoms with van der Waals surface area (Å²) in [5, 5.41) is 9.47. The molecule has 0 saturated carbocycles. The van der Waals surface area contributed by atoms with Crippen LogP contribution in [-0.4, -0.2) is 26.3 Å². The topological polar surface area (TPSA) is 47.8 Å². The van der Waals surface area contributed by atoms with E-state index >= 15 is 0 Å². The number of carbonyl (C=O) groups is 1. The fourth-order valence-corrected chi connectivity index (χ4v) is 3.94. The van der Waals surface area contributed by atoms with Crippen molar-refractivity contribution in [2.75, 3.05) is 5.75 Å². The van der Waals surface area contributed by atoms with Crippen molar-refractivity contribution in [3.05, 3.63) is 77.1 Å². The maximum absolute atomic E-state index is 12.6. The van der Waals surface area contributed by atoms with Gasteiger partial charge in [-0.25, -0.2) is 0 Å². The van der Waals surface area contributed by atoms with E-state index in [2.05, 4.69) is 54.6 Å². The highest BCUT2D eigenvalue weighted by atomic mass is 32.2. The van der Waals surface area contributed by atoms with Crippen LogP contribution in [0.1, 0.15) is 55.0 Å². The van der Waals surface area contributed by atoms with Crippen LogP contribution >= 0.6 is 11.8 Å². The van der Waals surface area contributed by atoms with Crippen molar-refractivity contribution in [3.63, 3.8) is 0 Å². The molecule has 146 valence electrons. The lowest BCUT2D eigenvalue weighted by atomic mass is 9.86. The first-order valence-corrected chi connectivity index (χ1v) is 10.6. The monoisotopic (exact) mass is 393 g/mol. The highest BCUT2D eigenvalue weighted by Crippen LogP contribution is 2.24. The number of nitrogens with zero attached hydrogens (tertiary/aromatic N) is 3. The van der Waals surface area contributed by atoms with Crippen LogP contribution in [0.3, 0.4) is 0 Å². The third-order valence-corrected chi connectivity index (χ3v) is 5.69. The molecule has 3 aromatic rings. The zero-order valence-electron chi connectivity index (χ0n) is 17.0. The van der Waals surface area contributed by atoms with Gasteiger partial charge >= 0.3 is 0 Å². The lowest BCUT2D eigenvalue weighted by Gasteiger charge is -2.18. The van der Waals surface area contributed by atoms with Gasteiger partial charge in [0.05, 0.1) is 5.75 Å². The molecule has 3 rings (SSSR count). The summed E-state index contributed by atoms with van der Waals surface area (Å²) in [5.41, 5.74) is 3.26. The van der Waals surface area contributed by atoms with Crippen molar-refractivity contribution in [2.45, 2.75) is 51.2 Å². The van der Waals surface area contributed by atoms with Gasteiger partial charge in [-0.1, -0.05) is 87.1 Å². The first kappa shape index (κ1) is 20.3. The summed E-state index contributed by atoms with van der Waals surface area (Å²) in [5.74, 6) is 1.40. The van der Waals surface area contributed by atoms with Crippen molar-refractivity contribution in [1.29, 1.82) is 0 Å². The smallest absolute Gasteiger partial charge is 0.191 e. The zero-order chi connectivity index (χ0) is 20.1. The molecule has 0 aliphatic heterocycles. The number of ketones is 1. The molecule has 0 amide bonds. The minimum atomic E-state index is 0.0863. The van der Waals surface area contributed by atoms with E-state index in [9.17, 15) is 4.79 Å². The average Bonchev–Trinajstić information content (AvgIpc) is 3.07. The predicted molar refractivity (Wildman–Crippen MR) is 115 cm³/mol. The Morgan fingerprint density at radius 2 is 1.68 bits per heavy atom.